The second-order valence-corrected chi connectivity index (χ2v) is 7.41. The minimum atomic E-state index is -4.00. The molecule has 1 heterocycles. The van der Waals surface area contributed by atoms with Gasteiger partial charge in [-0.15, -0.1) is 12.4 Å². The summed E-state index contributed by atoms with van der Waals surface area (Å²) in [5.41, 5.74) is 5.64. The third-order valence-corrected chi connectivity index (χ3v) is 5.73. The highest BCUT2D eigenvalue weighted by atomic mass is 35.5. The van der Waals surface area contributed by atoms with Gasteiger partial charge in [0.2, 0.25) is 15.9 Å². The molecule has 1 saturated heterocycles. The Morgan fingerprint density at radius 1 is 1.42 bits per heavy atom. The van der Waals surface area contributed by atoms with Gasteiger partial charge in [-0.25, -0.2) is 12.8 Å². The number of sulfonamides is 1. The van der Waals surface area contributed by atoms with Crippen LogP contribution in [-0.2, 0) is 24.3 Å². The van der Waals surface area contributed by atoms with Crippen molar-refractivity contribution >= 4 is 34.0 Å². The van der Waals surface area contributed by atoms with E-state index in [2.05, 4.69) is 5.32 Å². The van der Waals surface area contributed by atoms with E-state index in [-0.39, 0.29) is 57.4 Å². The van der Waals surface area contributed by atoms with E-state index >= 15 is 0 Å². The van der Waals surface area contributed by atoms with Gasteiger partial charge < -0.3 is 20.5 Å². The molecule has 1 fully saturated rings. The second-order valence-electron chi connectivity index (χ2n) is 5.51. The highest BCUT2D eigenvalue weighted by molar-refractivity contribution is 7.89. The van der Waals surface area contributed by atoms with Crippen LogP contribution in [0.5, 0.6) is 0 Å². The van der Waals surface area contributed by atoms with Crippen LogP contribution >= 0.6 is 12.4 Å². The quantitative estimate of drug-likeness (QED) is 0.678. The average molecular weight is 412 g/mol. The number of carbonyl (C=O) groups excluding carboxylic acids is 1. The molecule has 148 valence electrons. The zero-order valence-corrected chi connectivity index (χ0v) is 15.9. The maximum absolute atomic E-state index is 14.1. The number of amides is 1. The van der Waals surface area contributed by atoms with Crippen LogP contribution in [0.1, 0.15) is 6.42 Å². The fraction of sp³-hybridized carbons (Fsp3) is 0.533. The Hall–Kier alpha value is -1.30. The number of nitrogens with two attached hydrogens (primary N) is 1. The van der Waals surface area contributed by atoms with Gasteiger partial charge in [-0.3, -0.25) is 4.79 Å². The molecule has 3 N–H and O–H groups in total. The summed E-state index contributed by atoms with van der Waals surface area (Å²) in [5, 5.41) is 2.53. The van der Waals surface area contributed by atoms with Crippen LogP contribution in [0.4, 0.5) is 10.1 Å². The van der Waals surface area contributed by atoms with Crippen LogP contribution in [0.25, 0.3) is 0 Å². The summed E-state index contributed by atoms with van der Waals surface area (Å²) in [4.78, 5) is 11.5. The molecule has 0 saturated carbocycles. The second kappa shape index (κ2) is 10.1. The largest absolute Gasteiger partial charge is 0.380 e. The first-order valence-electron chi connectivity index (χ1n) is 7.78. The molecular formula is C15H23ClFN3O5S. The normalized spacial score (nSPS) is 16.6. The lowest BCUT2D eigenvalue weighted by atomic mass is 10.2. The molecule has 0 spiro atoms. The van der Waals surface area contributed by atoms with Crippen molar-refractivity contribution in [3.63, 3.8) is 0 Å². The number of nitrogens with zero attached hydrogens (tertiary/aromatic N) is 1. The van der Waals surface area contributed by atoms with Crippen molar-refractivity contribution in [1.82, 2.24) is 4.31 Å². The fourth-order valence-corrected chi connectivity index (χ4v) is 3.88. The van der Waals surface area contributed by atoms with Crippen molar-refractivity contribution in [1.29, 1.82) is 0 Å². The van der Waals surface area contributed by atoms with Gasteiger partial charge in [0.05, 0.1) is 25.7 Å². The molecular weight excluding hydrogens is 389 g/mol. The molecule has 0 radical (unpaired) electrons. The fourth-order valence-electron chi connectivity index (χ4n) is 2.39. The summed E-state index contributed by atoms with van der Waals surface area (Å²) in [6.45, 7) is 1.00. The van der Waals surface area contributed by atoms with Crippen LogP contribution in [0.15, 0.2) is 23.1 Å². The number of anilines is 1. The number of methoxy groups -OCH3 is 1. The molecule has 1 unspecified atom stereocenters. The van der Waals surface area contributed by atoms with Gasteiger partial charge in [0.1, 0.15) is 10.7 Å². The maximum atomic E-state index is 14.1. The number of morpholine rings is 1. The lowest BCUT2D eigenvalue weighted by Gasteiger charge is -2.26. The van der Waals surface area contributed by atoms with E-state index in [4.69, 9.17) is 15.2 Å². The maximum Gasteiger partial charge on any atom is 0.246 e. The summed E-state index contributed by atoms with van der Waals surface area (Å²) >= 11 is 0. The van der Waals surface area contributed by atoms with E-state index in [0.717, 1.165) is 16.4 Å². The first kappa shape index (κ1) is 22.7. The van der Waals surface area contributed by atoms with Gasteiger partial charge in [0, 0.05) is 32.4 Å². The minimum Gasteiger partial charge on any atom is -0.380 e. The first-order valence-corrected chi connectivity index (χ1v) is 9.22. The Kier molecular flexibility index (Phi) is 8.87. The van der Waals surface area contributed by atoms with E-state index in [9.17, 15) is 17.6 Å². The predicted octanol–water partition coefficient (Wildman–Crippen LogP) is 0.571. The molecule has 1 aliphatic rings. The molecule has 26 heavy (non-hydrogen) atoms. The SMILES string of the molecule is COC(CN)CC(=O)Nc1ccc(F)c(S(=O)(=O)N2CCOCC2)c1.Cl. The molecule has 0 aromatic heterocycles. The molecule has 0 aliphatic carbocycles. The van der Waals surface area contributed by atoms with Crippen molar-refractivity contribution in [2.45, 2.75) is 17.4 Å². The lowest BCUT2D eigenvalue weighted by Crippen LogP contribution is -2.40. The summed E-state index contributed by atoms with van der Waals surface area (Å²) in [5.74, 6) is -1.28. The lowest BCUT2D eigenvalue weighted by molar-refractivity contribution is -0.118. The van der Waals surface area contributed by atoms with Gasteiger partial charge in [-0.05, 0) is 18.2 Å². The Labute approximate surface area is 158 Å². The first-order chi connectivity index (χ1) is 11.9. The van der Waals surface area contributed by atoms with Crippen LogP contribution in [0.3, 0.4) is 0 Å². The molecule has 1 aliphatic heterocycles. The average Bonchev–Trinajstić information content (AvgIpc) is 2.62. The Morgan fingerprint density at radius 2 is 2.08 bits per heavy atom. The Morgan fingerprint density at radius 3 is 2.65 bits per heavy atom. The van der Waals surface area contributed by atoms with Crippen LogP contribution < -0.4 is 11.1 Å². The van der Waals surface area contributed by atoms with Gasteiger partial charge in [0.15, 0.2) is 0 Å². The third kappa shape index (κ3) is 5.60. The summed E-state index contributed by atoms with van der Waals surface area (Å²) < 4.78 is 50.6. The monoisotopic (exact) mass is 411 g/mol. The van der Waals surface area contributed by atoms with Crippen molar-refractivity contribution in [2.24, 2.45) is 5.73 Å². The molecule has 11 heteroatoms. The molecule has 2 rings (SSSR count). The van der Waals surface area contributed by atoms with E-state index < -0.39 is 32.7 Å². The summed E-state index contributed by atoms with van der Waals surface area (Å²) in [6.07, 6.45) is -0.437. The van der Waals surface area contributed by atoms with Crippen LogP contribution in [0.2, 0.25) is 0 Å². The molecule has 1 amide bonds. The number of nitrogens with one attached hydrogen (secondary N) is 1. The Balaban J connectivity index is 0.00000338. The summed E-state index contributed by atoms with van der Waals surface area (Å²) in [6, 6.07) is 3.43. The number of hydrogen-bond donors (Lipinski definition) is 2. The number of hydrogen-bond acceptors (Lipinski definition) is 6. The third-order valence-electron chi connectivity index (χ3n) is 3.81. The van der Waals surface area contributed by atoms with Crippen LogP contribution in [0, 0.1) is 5.82 Å². The number of carbonyl (C=O) groups is 1. The van der Waals surface area contributed by atoms with E-state index in [1.807, 2.05) is 0 Å². The molecule has 1 aromatic carbocycles. The van der Waals surface area contributed by atoms with Gasteiger partial charge in [-0.1, -0.05) is 0 Å². The van der Waals surface area contributed by atoms with E-state index in [1.165, 1.54) is 13.2 Å². The van der Waals surface area contributed by atoms with Gasteiger partial charge >= 0.3 is 0 Å². The molecule has 0 bridgehead atoms. The Bertz CT molecular complexity index is 709. The summed E-state index contributed by atoms with van der Waals surface area (Å²) in [7, 11) is -2.56. The standard InChI is InChI=1S/C15H22FN3O5S.ClH/c1-23-12(10-17)9-15(20)18-11-2-3-13(16)14(8-11)25(21,22)19-4-6-24-7-5-19;/h2-3,8,12H,4-7,9-10,17H2,1H3,(H,18,20);1H. The zero-order chi connectivity index (χ0) is 18.4. The smallest absolute Gasteiger partial charge is 0.246 e. The highest BCUT2D eigenvalue weighted by Gasteiger charge is 2.29. The number of rotatable bonds is 7. The van der Waals surface area contributed by atoms with Crippen molar-refractivity contribution < 1.29 is 27.1 Å². The van der Waals surface area contributed by atoms with Gasteiger partial charge in [-0.2, -0.15) is 4.31 Å². The molecule has 1 aromatic rings. The van der Waals surface area contributed by atoms with Crippen molar-refractivity contribution in [2.75, 3.05) is 45.3 Å². The van der Waals surface area contributed by atoms with E-state index in [0.29, 0.717) is 0 Å². The number of ether oxygens (including phenoxy) is 2. The van der Waals surface area contributed by atoms with Crippen LogP contribution in [-0.4, -0.2) is 64.7 Å². The van der Waals surface area contributed by atoms with Gasteiger partial charge in [0.25, 0.3) is 0 Å². The minimum absolute atomic E-state index is 0. The topological polar surface area (TPSA) is 111 Å². The molecule has 1 atom stereocenters. The highest BCUT2D eigenvalue weighted by Crippen LogP contribution is 2.24. The van der Waals surface area contributed by atoms with Crippen molar-refractivity contribution in [3.8, 4) is 0 Å². The zero-order valence-electron chi connectivity index (χ0n) is 14.3. The number of halogens is 2. The number of benzene rings is 1. The predicted molar refractivity (Wildman–Crippen MR) is 96.3 cm³/mol. The van der Waals surface area contributed by atoms with Crippen molar-refractivity contribution in [3.05, 3.63) is 24.0 Å². The van der Waals surface area contributed by atoms with E-state index in [1.54, 1.807) is 0 Å². The molecule has 8 nitrogen and oxygen atoms in total.